The molecule has 0 aliphatic heterocycles. The van der Waals surface area contributed by atoms with E-state index >= 15 is 0 Å². The Kier molecular flexibility index (Phi) is 5.08. The minimum Gasteiger partial charge on any atom is -0.390 e. The third-order valence-electron chi connectivity index (χ3n) is 2.14. The van der Waals surface area contributed by atoms with Crippen LogP contribution in [0.15, 0.2) is 29.4 Å². The third kappa shape index (κ3) is 3.40. The van der Waals surface area contributed by atoms with E-state index in [1.807, 2.05) is 0 Å². The van der Waals surface area contributed by atoms with Gasteiger partial charge < -0.3 is 10.2 Å². The van der Waals surface area contributed by atoms with Crippen LogP contribution in [0.1, 0.15) is 18.1 Å². The summed E-state index contributed by atoms with van der Waals surface area (Å²) in [5.74, 6) is 0.272. The molecule has 5 nitrogen and oxygen atoms in total. The second-order valence-corrected chi connectivity index (χ2v) is 3.65. The maximum atomic E-state index is 9.77. The summed E-state index contributed by atoms with van der Waals surface area (Å²) >= 11 is 5.47. The summed E-state index contributed by atoms with van der Waals surface area (Å²) < 4.78 is 0. The Hall–Kier alpha value is -1.26. The highest BCUT2D eigenvalue weighted by Gasteiger charge is 2.17. The lowest BCUT2D eigenvalue weighted by molar-refractivity contribution is 0.0170. The summed E-state index contributed by atoms with van der Waals surface area (Å²) in [6, 6.07) is 6.44. The fraction of sp³-hybridized carbons (Fsp3) is 0.400. The van der Waals surface area contributed by atoms with E-state index in [0.29, 0.717) is 17.7 Å². The normalized spacial score (nSPS) is 13.9. The standard InChI is InChI=1S/C10H12ClN3O2/c11-5-4-9(15)10(16)7-2-1-3-8(6-7)13-14-12/h1-3,6,9-10,15-16H,4-5H2. The summed E-state index contributed by atoms with van der Waals surface area (Å²) in [5, 5.41) is 22.7. The van der Waals surface area contributed by atoms with Gasteiger partial charge in [0.1, 0.15) is 6.10 Å². The molecule has 1 rings (SSSR count). The zero-order valence-electron chi connectivity index (χ0n) is 8.49. The Morgan fingerprint density at radius 1 is 1.44 bits per heavy atom. The van der Waals surface area contributed by atoms with Gasteiger partial charge in [-0.1, -0.05) is 23.3 Å². The number of rotatable bonds is 5. The summed E-state index contributed by atoms with van der Waals surface area (Å²) in [5.41, 5.74) is 9.17. The van der Waals surface area contributed by atoms with Gasteiger partial charge in [-0.05, 0) is 23.6 Å². The number of hydrogen-bond acceptors (Lipinski definition) is 3. The summed E-state index contributed by atoms with van der Waals surface area (Å²) in [4.78, 5) is 2.65. The van der Waals surface area contributed by atoms with Gasteiger partial charge >= 0.3 is 0 Å². The minimum absolute atomic E-state index is 0.272. The third-order valence-corrected chi connectivity index (χ3v) is 2.36. The maximum Gasteiger partial charge on any atom is 0.105 e. The molecule has 0 amide bonds. The quantitative estimate of drug-likeness (QED) is 0.359. The molecule has 2 N–H and O–H groups in total. The molecule has 0 spiro atoms. The van der Waals surface area contributed by atoms with Crippen molar-refractivity contribution in [1.82, 2.24) is 0 Å². The van der Waals surface area contributed by atoms with E-state index in [2.05, 4.69) is 10.0 Å². The minimum atomic E-state index is -1.02. The molecule has 0 bridgehead atoms. The van der Waals surface area contributed by atoms with Crippen molar-refractivity contribution in [2.45, 2.75) is 18.6 Å². The largest absolute Gasteiger partial charge is 0.390 e. The van der Waals surface area contributed by atoms with Crippen LogP contribution in [-0.2, 0) is 0 Å². The molecule has 2 unspecified atom stereocenters. The van der Waals surface area contributed by atoms with Crippen LogP contribution >= 0.6 is 11.6 Å². The summed E-state index contributed by atoms with van der Waals surface area (Å²) in [7, 11) is 0. The Morgan fingerprint density at radius 3 is 2.81 bits per heavy atom. The van der Waals surface area contributed by atoms with E-state index in [0.717, 1.165) is 0 Å². The molecule has 2 atom stereocenters. The first kappa shape index (κ1) is 12.8. The van der Waals surface area contributed by atoms with Crippen LogP contribution in [0, 0.1) is 0 Å². The van der Waals surface area contributed by atoms with Crippen LogP contribution in [0.5, 0.6) is 0 Å². The van der Waals surface area contributed by atoms with Crippen LogP contribution in [0.2, 0.25) is 0 Å². The van der Waals surface area contributed by atoms with Crippen LogP contribution < -0.4 is 0 Å². The van der Waals surface area contributed by atoms with E-state index in [4.69, 9.17) is 17.1 Å². The molecule has 0 radical (unpaired) electrons. The van der Waals surface area contributed by atoms with E-state index in [1.54, 1.807) is 18.2 Å². The maximum absolute atomic E-state index is 9.77. The highest BCUT2D eigenvalue weighted by molar-refractivity contribution is 6.17. The first-order valence-electron chi connectivity index (χ1n) is 4.76. The highest BCUT2D eigenvalue weighted by atomic mass is 35.5. The van der Waals surface area contributed by atoms with Gasteiger partial charge in [0.15, 0.2) is 0 Å². The Bertz CT molecular complexity index is 393. The van der Waals surface area contributed by atoms with Gasteiger partial charge in [-0.25, -0.2) is 0 Å². The first-order chi connectivity index (χ1) is 7.69. The van der Waals surface area contributed by atoms with Crippen molar-refractivity contribution in [3.8, 4) is 0 Å². The number of aliphatic hydroxyl groups is 2. The molecule has 0 aromatic heterocycles. The molecule has 6 heteroatoms. The van der Waals surface area contributed by atoms with Crippen molar-refractivity contribution in [2.24, 2.45) is 5.11 Å². The summed E-state index contributed by atoms with van der Waals surface area (Å²) in [6.07, 6.45) is -1.64. The lowest BCUT2D eigenvalue weighted by Gasteiger charge is -2.17. The van der Waals surface area contributed by atoms with Gasteiger partial charge in [0, 0.05) is 16.5 Å². The average molecular weight is 242 g/mol. The van der Waals surface area contributed by atoms with Crippen LogP contribution in [0.4, 0.5) is 5.69 Å². The van der Waals surface area contributed by atoms with E-state index in [9.17, 15) is 10.2 Å². The molecule has 0 heterocycles. The second-order valence-electron chi connectivity index (χ2n) is 3.27. The molecule has 1 aromatic carbocycles. The lowest BCUT2D eigenvalue weighted by atomic mass is 10.0. The molecule has 0 aliphatic carbocycles. The van der Waals surface area contributed by atoms with E-state index in [1.165, 1.54) is 6.07 Å². The number of hydrogen-bond donors (Lipinski definition) is 2. The van der Waals surface area contributed by atoms with E-state index < -0.39 is 12.2 Å². The first-order valence-corrected chi connectivity index (χ1v) is 5.29. The van der Waals surface area contributed by atoms with Gasteiger partial charge in [-0.3, -0.25) is 0 Å². The number of nitrogens with zero attached hydrogens (tertiary/aromatic N) is 3. The molecule has 1 aromatic rings. The van der Waals surface area contributed by atoms with Crippen molar-refractivity contribution >= 4 is 17.3 Å². The Morgan fingerprint density at radius 2 is 2.19 bits per heavy atom. The monoisotopic (exact) mass is 241 g/mol. The molecule has 86 valence electrons. The van der Waals surface area contributed by atoms with Gasteiger partial charge in [-0.2, -0.15) is 0 Å². The SMILES string of the molecule is [N-]=[N+]=Nc1cccc(C(O)C(O)CCCl)c1. The fourth-order valence-corrected chi connectivity index (χ4v) is 1.54. The van der Waals surface area contributed by atoms with E-state index in [-0.39, 0.29) is 5.88 Å². The second kappa shape index (κ2) is 6.35. The highest BCUT2D eigenvalue weighted by Crippen LogP contribution is 2.23. The molecule has 0 saturated heterocycles. The van der Waals surface area contributed by atoms with Gasteiger partial charge in [0.25, 0.3) is 0 Å². The smallest absolute Gasteiger partial charge is 0.105 e. The molecule has 16 heavy (non-hydrogen) atoms. The zero-order valence-corrected chi connectivity index (χ0v) is 9.25. The molecule has 0 aliphatic rings. The predicted octanol–water partition coefficient (Wildman–Crippen LogP) is 2.65. The van der Waals surface area contributed by atoms with Gasteiger partial charge in [-0.15, -0.1) is 11.6 Å². The number of azide groups is 1. The van der Waals surface area contributed by atoms with Crippen LogP contribution in [0.25, 0.3) is 10.4 Å². The Labute approximate surface area is 97.9 Å². The van der Waals surface area contributed by atoms with Crippen LogP contribution in [-0.4, -0.2) is 22.2 Å². The number of aliphatic hydroxyl groups excluding tert-OH is 2. The topological polar surface area (TPSA) is 89.2 Å². The van der Waals surface area contributed by atoms with Crippen LogP contribution in [0.3, 0.4) is 0 Å². The zero-order chi connectivity index (χ0) is 12.0. The fourth-order valence-electron chi connectivity index (χ4n) is 1.31. The number of benzene rings is 1. The lowest BCUT2D eigenvalue weighted by Crippen LogP contribution is -2.18. The van der Waals surface area contributed by atoms with Crippen molar-refractivity contribution in [1.29, 1.82) is 0 Å². The summed E-state index contributed by atoms with van der Waals surface area (Å²) in [6.45, 7) is 0. The van der Waals surface area contributed by atoms with Crippen molar-refractivity contribution < 1.29 is 10.2 Å². The molecule has 0 saturated carbocycles. The van der Waals surface area contributed by atoms with Gasteiger partial charge in [0.05, 0.1) is 6.10 Å². The predicted molar refractivity (Wildman–Crippen MR) is 61.6 cm³/mol. The Balaban J connectivity index is 2.86. The molecular formula is C10H12ClN3O2. The van der Waals surface area contributed by atoms with Crippen molar-refractivity contribution in [2.75, 3.05) is 5.88 Å². The average Bonchev–Trinajstić information content (AvgIpc) is 2.29. The van der Waals surface area contributed by atoms with Crippen molar-refractivity contribution in [3.63, 3.8) is 0 Å². The number of alkyl halides is 1. The number of halogens is 1. The van der Waals surface area contributed by atoms with Crippen molar-refractivity contribution in [3.05, 3.63) is 40.3 Å². The molecule has 0 fully saturated rings. The van der Waals surface area contributed by atoms with Gasteiger partial charge in [0.2, 0.25) is 0 Å². The molecular weight excluding hydrogens is 230 g/mol.